The first-order chi connectivity index (χ1) is 9.65. The minimum atomic E-state index is -0.198. The predicted molar refractivity (Wildman–Crippen MR) is 76.1 cm³/mol. The van der Waals surface area contributed by atoms with E-state index >= 15 is 0 Å². The van der Waals surface area contributed by atoms with Crippen molar-refractivity contribution in [3.63, 3.8) is 0 Å². The van der Waals surface area contributed by atoms with Crippen LogP contribution in [0, 0.1) is 5.92 Å². The molecule has 0 radical (unpaired) electrons. The standard InChI is InChI=1S/C14H26N4O2/c1-4-6-18-7-8-19-11(9-18)13-16-14(20-17-13)12(15)10(3)5-2/h10-12H,4-9,15H2,1-3H3/t10-,11?,12-/m0/s1. The van der Waals surface area contributed by atoms with Crippen LogP contribution in [0.1, 0.15) is 57.5 Å². The van der Waals surface area contributed by atoms with E-state index in [-0.39, 0.29) is 12.1 Å². The number of ether oxygens (including phenoxy) is 1. The van der Waals surface area contributed by atoms with Crippen molar-refractivity contribution in [1.29, 1.82) is 0 Å². The lowest BCUT2D eigenvalue weighted by molar-refractivity contribution is -0.0350. The van der Waals surface area contributed by atoms with Gasteiger partial charge in [-0.3, -0.25) is 4.90 Å². The van der Waals surface area contributed by atoms with Crippen LogP contribution in [0.4, 0.5) is 0 Å². The molecule has 114 valence electrons. The molecule has 0 bridgehead atoms. The first kappa shape index (κ1) is 15.4. The van der Waals surface area contributed by atoms with Crippen molar-refractivity contribution in [1.82, 2.24) is 15.0 Å². The Kier molecular flexibility index (Phi) is 5.51. The van der Waals surface area contributed by atoms with E-state index in [1.165, 1.54) is 0 Å². The molecule has 0 aliphatic carbocycles. The molecule has 2 rings (SSSR count). The molecule has 2 heterocycles. The Bertz CT molecular complexity index is 408. The molecule has 0 saturated carbocycles. The monoisotopic (exact) mass is 282 g/mol. The highest BCUT2D eigenvalue weighted by molar-refractivity contribution is 4.98. The van der Waals surface area contributed by atoms with Gasteiger partial charge in [0.05, 0.1) is 12.6 Å². The minimum absolute atomic E-state index is 0.100. The highest BCUT2D eigenvalue weighted by atomic mass is 16.5. The van der Waals surface area contributed by atoms with Gasteiger partial charge in [-0.05, 0) is 18.9 Å². The summed E-state index contributed by atoms with van der Waals surface area (Å²) >= 11 is 0. The highest BCUT2D eigenvalue weighted by Gasteiger charge is 2.27. The molecular formula is C14H26N4O2. The Morgan fingerprint density at radius 2 is 2.25 bits per heavy atom. The Morgan fingerprint density at radius 3 is 2.95 bits per heavy atom. The SMILES string of the molecule is CCCN1CCOC(c2noc([C@@H](N)[C@@H](C)CC)n2)C1. The fourth-order valence-electron chi connectivity index (χ4n) is 2.39. The van der Waals surface area contributed by atoms with Gasteiger partial charge >= 0.3 is 0 Å². The Labute approximate surface area is 120 Å². The van der Waals surface area contributed by atoms with E-state index < -0.39 is 0 Å². The van der Waals surface area contributed by atoms with E-state index in [1.54, 1.807) is 0 Å². The first-order valence-corrected chi connectivity index (χ1v) is 7.58. The average Bonchev–Trinajstić information content (AvgIpc) is 2.96. The van der Waals surface area contributed by atoms with Crippen LogP contribution in [0.2, 0.25) is 0 Å². The summed E-state index contributed by atoms with van der Waals surface area (Å²) < 4.78 is 11.1. The third-order valence-electron chi connectivity index (χ3n) is 3.98. The molecule has 3 atom stereocenters. The lowest BCUT2D eigenvalue weighted by Gasteiger charge is -2.30. The fraction of sp³-hybridized carbons (Fsp3) is 0.857. The van der Waals surface area contributed by atoms with E-state index in [1.807, 2.05) is 0 Å². The molecule has 20 heavy (non-hydrogen) atoms. The van der Waals surface area contributed by atoms with Gasteiger partial charge in [-0.2, -0.15) is 4.98 Å². The van der Waals surface area contributed by atoms with Gasteiger partial charge in [0, 0.05) is 13.1 Å². The summed E-state index contributed by atoms with van der Waals surface area (Å²) in [7, 11) is 0. The molecule has 1 unspecified atom stereocenters. The summed E-state index contributed by atoms with van der Waals surface area (Å²) in [6.45, 7) is 9.97. The first-order valence-electron chi connectivity index (χ1n) is 7.58. The molecule has 0 amide bonds. The van der Waals surface area contributed by atoms with Gasteiger partial charge in [0.2, 0.25) is 11.7 Å². The van der Waals surface area contributed by atoms with Crippen molar-refractivity contribution in [2.75, 3.05) is 26.2 Å². The average molecular weight is 282 g/mol. The third kappa shape index (κ3) is 3.56. The second kappa shape index (κ2) is 7.15. The Hall–Kier alpha value is -0.980. The van der Waals surface area contributed by atoms with Crippen LogP contribution < -0.4 is 5.73 Å². The van der Waals surface area contributed by atoms with Crippen LogP contribution in [0.5, 0.6) is 0 Å². The van der Waals surface area contributed by atoms with E-state index in [0.717, 1.165) is 32.5 Å². The van der Waals surface area contributed by atoms with Gasteiger partial charge < -0.3 is 15.0 Å². The minimum Gasteiger partial charge on any atom is -0.367 e. The van der Waals surface area contributed by atoms with E-state index in [4.69, 9.17) is 15.0 Å². The van der Waals surface area contributed by atoms with E-state index in [9.17, 15) is 0 Å². The van der Waals surface area contributed by atoms with Crippen LogP contribution in [-0.4, -0.2) is 41.3 Å². The molecule has 1 aliphatic rings. The van der Waals surface area contributed by atoms with Crippen LogP contribution in [0.3, 0.4) is 0 Å². The molecule has 1 fully saturated rings. The quantitative estimate of drug-likeness (QED) is 0.858. The van der Waals surface area contributed by atoms with Crippen LogP contribution in [0.15, 0.2) is 4.52 Å². The summed E-state index contributed by atoms with van der Waals surface area (Å²) in [6, 6.07) is -0.198. The lowest BCUT2D eigenvalue weighted by Crippen LogP contribution is -2.39. The summed E-state index contributed by atoms with van der Waals surface area (Å²) in [5.41, 5.74) is 6.12. The van der Waals surface area contributed by atoms with Gasteiger partial charge in [0.25, 0.3) is 0 Å². The molecule has 0 aromatic carbocycles. The number of morpholine rings is 1. The largest absolute Gasteiger partial charge is 0.367 e. The zero-order chi connectivity index (χ0) is 14.5. The number of aromatic nitrogens is 2. The van der Waals surface area contributed by atoms with Crippen molar-refractivity contribution >= 4 is 0 Å². The third-order valence-corrected chi connectivity index (χ3v) is 3.98. The number of rotatable bonds is 6. The Balaban J connectivity index is 2.01. The molecule has 2 N–H and O–H groups in total. The molecule has 6 heteroatoms. The number of hydrogen-bond donors (Lipinski definition) is 1. The summed E-state index contributed by atoms with van der Waals surface area (Å²) in [6.07, 6.45) is 2.03. The molecule has 1 aliphatic heterocycles. The zero-order valence-electron chi connectivity index (χ0n) is 12.7. The maximum atomic E-state index is 6.12. The van der Waals surface area contributed by atoms with Crippen LogP contribution >= 0.6 is 0 Å². The summed E-state index contributed by atoms with van der Waals surface area (Å²) in [4.78, 5) is 6.82. The molecule has 0 spiro atoms. The molecule has 1 saturated heterocycles. The number of nitrogens with two attached hydrogens (primary N) is 1. The lowest BCUT2D eigenvalue weighted by atomic mass is 10.0. The zero-order valence-corrected chi connectivity index (χ0v) is 12.7. The fourth-order valence-corrected chi connectivity index (χ4v) is 2.39. The van der Waals surface area contributed by atoms with Gasteiger partial charge in [-0.1, -0.05) is 32.3 Å². The van der Waals surface area contributed by atoms with Gasteiger partial charge in [-0.15, -0.1) is 0 Å². The molecule has 6 nitrogen and oxygen atoms in total. The van der Waals surface area contributed by atoms with E-state index in [2.05, 4.69) is 35.8 Å². The van der Waals surface area contributed by atoms with Crippen LogP contribution in [-0.2, 0) is 4.74 Å². The Morgan fingerprint density at radius 1 is 1.45 bits per heavy atom. The second-order valence-corrected chi connectivity index (χ2v) is 5.56. The highest BCUT2D eigenvalue weighted by Crippen LogP contribution is 2.24. The van der Waals surface area contributed by atoms with Crippen LogP contribution in [0.25, 0.3) is 0 Å². The normalized spacial score (nSPS) is 23.7. The van der Waals surface area contributed by atoms with Crippen molar-refractivity contribution in [2.24, 2.45) is 11.7 Å². The van der Waals surface area contributed by atoms with Crippen molar-refractivity contribution in [2.45, 2.75) is 45.8 Å². The summed E-state index contributed by atoms with van der Waals surface area (Å²) in [5.74, 6) is 1.47. The van der Waals surface area contributed by atoms with Crippen molar-refractivity contribution in [3.8, 4) is 0 Å². The smallest absolute Gasteiger partial charge is 0.243 e. The molecule has 1 aromatic heterocycles. The molecule has 1 aromatic rings. The number of nitrogens with zero attached hydrogens (tertiary/aromatic N) is 3. The maximum absolute atomic E-state index is 6.12. The second-order valence-electron chi connectivity index (χ2n) is 5.56. The van der Waals surface area contributed by atoms with E-state index in [0.29, 0.717) is 24.2 Å². The summed E-state index contributed by atoms with van der Waals surface area (Å²) in [5, 5.41) is 4.05. The topological polar surface area (TPSA) is 77.4 Å². The predicted octanol–water partition coefficient (Wildman–Crippen LogP) is 1.90. The van der Waals surface area contributed by atoms with Gasteiger partial charge in [-0.25, -0.2) is 0 Å². The molecular weight excluding hydrogens is 256 g/mol. The maximum Gasteiger partial charge on any atom is 0.243 e. The number of hydrogen-bond acceptors (Lipinski definition) is 6. The van der Waals surface area contributed by atoms with Gasteiger partial charge in [0.1, 0.15) is 6.10 Å². The van der Waals surface area contributed by atoms with Crippen molar-refractivity contribution in [3.05, 3.63) is 11.7 Å². The van der Waals surface area contributed by atoms with Gasteiger partial charge in [0.15, 0.2) is 0 Å². The van der Waals surface area contributed by atoms with Crippen molar-refractivity contribution < 1.29 is 9.26 Å².